The fourth-order valence-corrected chi connectivity index (χ4v) is 2.74. The van der Waals surface area contributed by atoms with E-state index in [4.69, 9.17) is 10.8 Å². The molecule has 1 amide bonds. The maximum Gasteiger partial charge on any atom is 0.256 e. The number of aliphatic hydroxyl groups excluding tert-OH is 1. The van der Waals surface area contributed by atoms with Gasteiger partial charge in [-0.2, -0.15) is 5.10 Å². The zero-order valence-corrected chi connectivity index (χ0v) is 11.7. The molecule has 0 bridgehead atoms. The molecule has 0 saturated heterocycles. The standard InChI is InChI=1S/C14H19N5O2/c15-10-1-2-11(5-10)18-14(21)12-7-17-19-8-9(3-4-20)6-16-13(12)19/h6-8,10-11,20H,1-5,15H2,(H,18,21)/t10-,11-/m1/s1. The van der Waals surface area contributed by atoms with Gasteiger partial charge in [-0.05, 0) is 31.2 Å². The Morgan fingerprint density at radius 1 is 1.48 bits per heavy atom. The molecule has 0 spiro atoms. The number of aromatic nitrogens is 3. The van der Waals surface area contributed by atoms with Crippen molar-refractivity contribution in [3.63, 3.8) is 0 Å². The molecular formula is C14H19N5O2. The predicted octanol–water partition coefficient (Wildman–Crippen LogP) is -0.126. The normalized spacial score (nSPS) is 21.8. The summed E-state index contributed by atoms with van der Waals surface area (Å²) in [5.74, 6) is -0.161. The molecule has 1 fully saturated rings. The zero-order chi connectivity index (χ0) is 14.8. The van der Waals surface area contributed by atoms with Crippen molar-refractivity contribution in [2.24, 2.45) is 5.73 Å². The second-order valence-corrected chi connectivity index (χ2v) is 5.51. The molecule has 4 N–H and O–H groups in total. The number of nitrogens with one attached hydrogen (secondary N) is 1. The third kappa shape index (κ3) is 2.88. The molecule has 7 nitrogen and oxygen atoms in total. The molecule has 0 aromatic carbocycles. The van der Waals surface area contributed by atoms with Crippen molar-refractivity contribution < 1.29 is 9.90 Å². The molecule has 3 rings (SSSR count). The summed E-state index contributed by atoms with van der Waals surface area (Å²) in [4.78, 5) is 16.6. The quantitative estimate of drug-likeness (QED) is 0.727. The summed E-state index contributed by atoms with van der Waals surface area (Å²) in [7, 11) is 0. The molecule has 1 saturated carbocycles. The maximum atomic E-state index is 12.3. The molecule has 21 heavy (non-hydrogen) atoms. The number of carbonyl (C=O) groups excluding carboxylic acids is 1. The van der Waals surface area contributed by atoms with Crippen LogP contribution in [0.2, 0.25) is 0 Å². The monoisotopic (exact) mass is 289 g/mol. The molecule has 0 radical (unpaired) electrons. The van der Waals surface area contributed by atoms with Gasteiger partial charge in [-0.3, -0.25) is 4.79 Å². The van der Waals surface area contributed by atoms with Crippen molar-refractivity contribution in [2.75, 3.05) is 6.61 Å². The van der Waals surface area contributed by atoms with Gasteiger partial charge in [0.1, 0.15) is 5.56 Å². The van der Waals surface area contributed by atoms with E-state index in [0.717, 1.165) is 24.8 Å². The third-order valence-electron chi connectivity index (χ3n) is 3.86. The van der Waals surface area contributed by atoms with E-state index in [2.05, 4.69) is 15.4 Å². The first-order valence-electron chi connectivity index (χ1n) is 7.17. The third-order valence-corrected chi connectivity index (χ3v) is 3.86. The van der Waals surface area contributed by atoms with Crippen LogP contribution in [0.1, 0.15) is 35.2 Å². The van der Waals surface area contributed by atoms with Crippen LogP contribution in [-0.2, 0) is 6.42 Å². The number of rotatable bonds is 4. The van der Waals surface area contributed by atoms with Crippen molar-refractivity contribution in [1.82, 2.24) is 19.9 Å². The first kappa shape index (κ1) is 14.0. The minimum absolute atomic E-state index is 0.0593. The highest BCUT2D eigenvalue weighted by atomic mass is 16.3. The van der Waals surface area contributed by atoms with Crippen LogP contribution in [0.3, 0.4) is 0 Å². The molecule has 1 aliphatic carbocycles. The number of nitrogens with two attached hydrogens (primary N) is 1. The summed E-state index contributed by atoms with van der Waals surface area (Å²) in [6.45, 7) is 0.0593. The van der Waals surface area contributed by atoms with Crippen molar-refractivity contribution >= 4 is 11.6 Å². The van der Waals surface area contributed by atoms with Gasteiger partial charge in [0.05, 0.1) is 6.20 Å². The fourth-order valence-electron chi connectivity index (χ4n) is 2.74. The summed E-state index contributed by atoms with van der Waals surface area (Å²) in [5.41, 5.74) is 7.72. The molecular weight excluding hydrogens is 270 g/mol. The van der Waals surface area contributed by atoms with Crippen LogP contribution >= 0.6 is 0 Å². The number of nitrogens with zero attached hydrogens (tertiary/aromatic N) is 3. The van der Waals surface area contributed by atoms with Crippen molar-refractivity contribution in [1.29, 1.82) is 0 Å². The van der Waals surface area contributed by atoms with Crippen molar-refractivity contribution in [3.05, 3.63) is 29.7 Å². The van der Waals surface area contributed by atoms with Gasteiger partial charge in [-0.25, -0.2) is 9.50 Å². The van der Waals surface area contributed by atoms with Gasteiger partial charge < -0.3 is 16.2 Å². The summed E-state index contributed by atoms with van der Waals surface area (Å²) >= 11 is 0. The van der Waals surface area contributed by atoms with Gasteiger partial charge >= 0.3 is 0 Å². The van der Waals surface area contributed by atoms with Crippen LogP contribution in [0.25, 0.3) is 5.65 Å². The second-order valence-electron chi connectivity index (χ2n) is 5.51. The SMILES string of the molecule is N[C@@H]1CC[C@@H](NC(=O)c2cnn3cc(CCO)cnc23)C1. The molecule has 112 valence electrons. The van der Waals surface area contributed by atoms with Crippen LogP contribution in [0, 0.1) is 0 Å². The molecule has 1 aliphatic rings. The highest BCUT2D eigenvalue weighted by Gasteiger charge is 2.24. The van der Waals surface area contributed by atoms with E-state index in [9.17, 15) is 4.79 Å². The molecule has 0 aliphatic heterocycles. The number of carbonyl (C=O) groups is 1. The van der Waals surface area contributed by atoms with Crippen LogP contribution in [0.15, 0.2) is 18.6 Å². The Balaban J connectivity index is 1.78. The van der Waals surface area contributed by atoms with Crippen LogP contribution < -0.4 is 11.1 Å². The molecule has 2 aromatic rings. The summed E-state index contributed by atoms with van der Waals surface area (Å²) in [6, 6.07) is 0.314. The lowest BCUT2D eigenvalue weighted by Gasteiger charge is -2.11. The minimum Gasteiger partial charge on any atom is -0.396 e. The van der Waals surface area contributed by atoms with E-state index in [1.165, 1.54) is 6.20 Å². The lowest BCUT2D eigenvalue weighted by Crippen LogP contribution is -2.34. The summed E-state index contributed by atoms with van der Waals surface area (Å²) < 4.78 is 1.57. The largest absolute Gasteiger partial charge is 0.396 e. The van der Waals surface area contributed by atoms with Crippen LogP contribution in [-0.4, -0.2) is 44.3 Å². The molecule has 2 atom stereocenters. The Kier molecular flexibility index (Phi) is 3.85. The maximum absolute atomic E-state index is 12.3. The average Bonchev–Trinajstić information content (AvgIpc) is 3.05. The topological polar surface area (TPSA) is 106 Å². The van der Waals surface area contributed by atoms with Crippen molar-refractivity contribution in [3.8, 4) is 0 Å². The van der Waals surface area contributed by atoms with Gasteiger partial charge in [-0.1, -0.05) is 0 Å². The van der Waals surface area contributed by atoms with Crippen molar-refractivity contribution in [2.45, 2.75) is 37.8 Å². The van der Waals surface area contributed by atoms with E-state index in [1.807, 2.05) is 0 Å². The zero-order valence-electron chi connectivity index (χ0n) is 11.7. The van der Waals surface area contributed by atoms with Gasteiger partial charge in [0.25, 0.3) is 5.91 Å². The number of hydrogen-bond acceptors (Lipinski definition) is 5. The number of fused-ring (bicyclic) bond motifs is 1. The molecule has 7 heteroatoms. The number of amides is 1. The Hall–Kier alpha value is -1.99. The molecule has 0 unspecified atom stereocenters. The second kappa shape index (κ2) is 5.79. The molecule has 2 heterocycles. The Bertz CT molecular complexity index is 654. The van der Waals surface area contributed by atoms with E-state index in [-0.39, 0.29) is 24.6 Å². The van der Waals surface area contributed by atoms with E-state index in [0.29, 0.717) is 17.6 Å². The Labute approximate surface area is 122 Å². The van der Waals surface area contributed by atoms with Gasteiger partial charge in [0.2, 0.25) is 0 Å². The van der Waals surface area contributed by atoms with Gasteiger partial charge in [0.15, 0.2) is 5.65 Å². The van der Waals surface area contributed by atoms with E-state index in [1.54, 1.807) is 16.9 Å². The lowest BCUT2D eigenvalue weighted by atomic mass is 10.2. The fraction of sp³-hybridized carbons (Fsp3) is 0.500. The van der Waals surface area contributed by atoms with Gasteiger partial charge in [-0.15, -0.1) is 0 Å². The average molecular weight is 289 g/mol. The molecule has 2 aromatic heterocycles. The van der Waals surface area contributed by atoms with E-state index < -0.39 is 0 Å². The van der Waals surface area contributed by atoms with E-state index >= 15 is 0 Å². The summed E-state index contributed by atoms with van der Waals surface area (Å²) in [6.07, 6.45) is 8.16. The Morgan fingerprint density at radius 2 is 2.33 bits per heavy atom. The lowest BCUT2D eigenvalue weighted by molar-refractivity contribution is 0.0939. The van der Waals surface area contributed by atoms with Crippen LogP contribution in [0.4, 0.5) is 0 Å². The number of aliphatic hydroxyl groups is 1. The smallest absolute Gasteiger partial charge is 0.256 e. The predicted molar refractivity (Wildman–Crippen MR) is 76.9 cm³/mol. The van der Waals surface area contributed by atoms with Gasteiger partial charge in [0, 0.05) is 31.1 Å². The number of hydrogen-bond donors (Lipinski definition) is 3. The minimum atomic E-state index is -0.161. The highest BCUT2D eigenvalue weighted by Crippen LogP contribution is 2.18. The summed E-state index contributed by atoms with van der Waals surface area (Å²) in [5, 5.41) is 16.1. The Morgan fingerprint density at radius 3 is 3.05 bits per heavy atom. The van der Waals surface area contributed by atoms with Crippen LogP contribution in [0.5, 0.6) is 0 Å². The first-order valence-corrected chi connectivity index (χ1v) is 7.17. The first-order chi connectivity index (χ1) is 10.2. The highest BCUT2D eigenvalue weighted by molar-refractivity contribution is 5.99.